The van der Waals surface area contributed by atoms with E-state index in [0.717, 1.165) is 11.0 Å². The van der Waals surface area contributed by atoms with Crippen LogP contribution in [-0.2, 0) is 0 Å². The number of thioether (sulfide) groups is 1. The molecule has 0 spiro atoms. The van der Waals surface area contributed by atoms with Crippen LogP contribution in [0.5, 0.6) is 0 Å². The SMILES string of the molecule is O=C(NCCSC1CCCC1)Nc1cccnc1-n1cccn1. The van der Waals surface area contributed by atoms with E-state index in [1.165, 1.54) is 25.7 Å². The van der Waals surface area contributed by atoms with Crippen LogP contribution in [0.4, 0.5) is 10.5 Å². The quantitative estimate of drug-likeness (QED) is 0.798. The lowest BCUT2D eigenvalue weighted by atomic mass is 10.4. The van der Waals surface area contributed by atoms with Gasteiger partial charge in [-0.1, -0.05) is 12.8 Å². The number of carbonyl (C=O) groups is 1. The van der Waals surface area contributed by atoms with Crippen molar-refractivity contribution in [2.24, 2.45) is 0 Å². The van der Waals surface area contributed by atoms with Crippen LogP contribution in [0.2, 0.25) is 0 Å². The molecule has 122 valence electrons. The largest absolute Gasteiger partial charge is 0.337 e. The van der Waals surface area contributed by atoms with Gasteiger partial charge in [-0.2, -0.15) is 16.9 Å². The normalized spacial score (nSPS) is 14.8. The molecular formula is C16H21N5OS. The van der Waals surface area contributed by atoms with Gasteiger partial charge in [0.2, 0.25) is 0 Å². The maximum absolute atomic E-state index is 12.0. The molecule has 1 saturated carbocycles. The molecule has 23 heavy (non-hydrogen) atoms. The topological polar surface area (TPSA) is 71.8 Å². The summed E-state index contributed by atoms with van der Waals surface area (Å²) in [4.78, 5) is 16.3. The van der Waals surface area contributed by atoms with Crippen molar-refractivity contribution in [3.63, 3.8) is 0 Å². The highest BCUT2D eigenvalue weighted by molar-refractivity contribution is 7.99. The summed E-state index contributed by atoms with van der Waals surface area (Å²) in [7, 11) is 0. The first-order chi connectivity index (χ1) is 11.3. The predicted octanol–water partition coefficient (Wildman–Crippen LogP) is 3.06. The van der Waals surface area contributed by atoms with E-state index >= 15 is 0 Å². The van der Waals surface area contributed by atoms with Gasteiger partial charge in [-0.3, -0.25) is 0 Å². The molecule has 0 atom stereocenters. The highest BCUT2D eigenvalue weighted by Crippen LogP contribution is 2.28. The van der Waals surface area contributed by atoms with Crippen molar-refractivity contribution in [1.29, 1.82) is 0 Å². The second kappa shape index (κ2) is 8.01. The number of aromatic nitrogens is 3. The Morgan fingerprint density at radius 1 is 1.30 bits per heavy atom. The third kappa shape index (κ3) is 4.48. The molecule has 6 nitrogen and oxygen atoms in total. The van der Waals surface area contributed by atoms with Crippen LogP contribution in [0, 0.1) is 0 Å². The number of pyridine rings is 1. The third-order valence-corrected chi connectivity index (χ3v) is 5.18. The maximum atomic E-state index is 12.0. The number of carbonyl (C=O) groups excluding carboxylic acids is 1. The molecule has 0 aromatic carbocycles. The number of amides is 2. The van der Waals surface area contributed by atoms with Gasteiger partial charge >= 0.3 is 6.03 Å². The first kappa shape index (κ1) is 15.9. The molecule has 1 aliphatic rings. The van der Waals surface area contributed by atoms with Gasteiger partial charge in [0.25, 0.3) is 0 Å². The zero-order valence-corrected chi connectivity index (χ0v) is 13.8. The van der Waals surface area contributed by atoms with E-state index in [2.05, 4.69) is 20.7 Å². The van der Waals surface area contributed by atoms with Gasteiger partial charge in [-0.05, 0) is 31.0 Å². The Balaban J connectivity index is 1.48. The summed E-state index contributed by atoms with van der Waals surface area (Å²) in [5.41, 5.74) is 0.636. The summed E-state index contributed by atoms with van der Waals surface area (Å²) >= 11 is 1.96. The Labute approximate surface area is 140 Å². The van der Waals surface area contributed by atoms with Gasteiger partial charge in [0, 0.05) is 36.1 Å². The van der Waals surface area contributed by atoms with Crippen molar-refractivity contribution in [3.8, 4) is 5.82 Å². The van der Waals surface area contributed by atoms with Gasteiger partial charge < -0.3 is 10.6 Å². The van der Waals surface area contributed by atoms with E-state index in [-0.39, 0.29) is 6.03 Å². The summed E-state index contributed by atoms with van der Waals surface area (Å²) in [5, 5.41) is 10.7. The lowest BCUT2D eigenvalue weighted by molar-refractivity contribution is 0.252. The second-order valence-electron chi connectivity index (χ2n) is 5.48. The molecule has 1 aliphatic carbocycles. The Morgan fingerprint density at radius 3 is 2.96 bits per heavy atom. The molecule has 0 radical (unpaired) electrons. The number of nitrogens with one attached hydrogen (secondary N) is 2. The van der Waals surface area contributed by atoms with Crippen molar-refractivity contribution in [3.05, 3.63) is 36.8 Å². The first-order valence-electron chi connectivity index (χ1n) is 7.94. The van der Waals surface area contributed by atoms with Crippen molar-refractivity contribution in [2.45, 2.75) is 30.9 Å². The predicted molar refractivity (Wildman–Crippen MR) is 93.1 cm³/mol. The van der Waals surface area contributed by atoms with Crippen LogP contribution < -0.4 is 10.6 Å². The molecule has 2 heterocycles. The maximum Gasteiger partial charge on any atom is 0.319 e. The second-order valence-corrected chi connectivity index (χ2v) is 6.89. The fourth-order valence-corrected chi connectivity index (χ4v) is 3.90. The van der Waals surface area contributed by atoms with E-state index in [1.54, 1.807) is 29.3 Å². The lowest BCUT2D eigenvalue weighted by Gasteiger charge is -2.12. The van der Waals surface area contributed by atoms with Crippen molar-refractivity contribution < 1.29 is 4.79 Å². The van der Waals surface area contributed by atoms with Crippen LogP contribution >= 0.6 is 11.8 Å². The van der Waals surface area contributed by atoms with Crippen molar-refractivity contribution in [1.82, 2.24) is 20.1 Å². The van der Waals surface area contributed by atoms with Gasteiger partial charge in [0.05, 0.1) is 5.69 Å². The van der Waals surface area contributed by atoms with Gasteiger partial charge in [0.15, 0.2) is 5.82 Å². The molecule has 2 amide bonds. The van der Waals surface area contributed by atoms with Gasteiger partial charge in [-0.25, -0.2) is 14.5 Å². The number of rotatable bonds is 6. The van der Waals surface area contributed by atoms with Crippen LogP contribution in [0.25, 0.3) is 5.82 Å². The average molecular weight is 331 g/mol. The fraction of sp³-hybridized carbons (Fsp3) is 0.438. The summed E-state index contributed by atoms with van der Waals surface area (Å²) in [6.07, 6.45) is 10.5. The Hall–Kier alpha value is -2.02. The first-order valence-corrected chi connectivity index (χ1v) is 8.99. The average Bonchev–Trinajstić information content (AvgIpc) is 3.26. The van der Waals surface area contributed by atoms with E-state index in [9.17, 15) is 4.79 Å². The Bertz CT molecular complexity index is 625. The molecule has 7 heteroatoms. The standard InChI is InChI=1S/C16H21N5OS/c22-16(18-10-12-23-13-5-1-2-6-13)20-14-7-3-8-17-15(14)21-11-4-9-19-21/h3-4,7-9,11,13H,1-2,5-6,10,12H2,(H2,18,20,22). The zero-order chi connectivity index (χ0) is 15.9. The summed E-state index contributed by atoms with van der Waals surface area (Å²) in [5.74, 6) is 1.56. The van der Waals surface area contributed by atoms with Crippen molar-refractivity contribution >= 4 is 23.5 Å². The van der Waals surface area contributed by atoms with Crippen LogP contribution in [0.15, 0.2) is 36.8 Å². The smallest absolute Gasteiger partial charge is 0.319 e. The number of hydrogen-bond donors (Lipinski definition) is 2. The minimum absolute atomic E-state index is 0.210. The molecule has 0 aliphatic heterocycles. The number of anilines is 1. The highest BCUT2D eigenvalue weighted by atomic mass is 32.2. The fourth-order valence-electron chi connectivity index (χ4n) is 2.68. The summed E-state index contributed by atoms with van der Waals surface area (Å²) < 4.78 is 1.63. The minimum atomic E-state index is -0.210. The molecular weight excluding hydrogens is 310 g/mol. The highest BCUT2D eigenvalue weighted by Gasteiger charge is 2.15. The van der Waals surface area contributed by atoms with E-state index in [4.69, 9.17) is 0 Å². The Morgan fingerprint density at radius 2 is 2.17 bits per heavy atom. The van der Waals surface area contributed by atoms with E-state index in [1.807, 2.05) is 23.9 Å². The molecule has 3 rings (SSSR count). The minimum Gasteiger partial charge on any atom is -0.337 e. The molecule has 0 unspecified atom stereocenters. The van der Waals surface area contributed by atoms with Gasteiger partial charge in [-0.15, -0.1) is 0 Å². The molecule has 2 aromatic heterocycles. The third-order valence-electron chi connectivity index (χ3n) is 3.80. The van der Waals surface area contributed by atoms with Crippen molar-refractivity contribution in [2.75, 3.05) is 17.6 Å². The molecule has 0 saturated heterocycles. The van der Waals surface area contributed by atoms with Crippen LogP contribution in [0.3, 0.4) is 0 Å². The Kier molecular flexibility index (Phi) is 5.52. The summed E-state index contributed by atoms with van der Waals surface area (Å²) in [6, 6.07) is 5.22. The lowest BCUT2D eigenvalue weighted by Crippen LogP contribution is -2.31. The van der Waals surface area contributed by atoms with E-state index < -0.39 is 0 Å². The number of nitrogens with zero attached hydrogens (tertiary/aromatic N) is 3. The van der Waals surface area contributed by atoms with Crippen LogP contribution in [0.1, 0.15) is 25.7 Å². The molecule has 1 fully saturated rings. The monoisotopic (exact) mass is 331 g/mol. The van der Waals surface area contributed by atoms with Crippen LogP contribution in [-0.4, -0.2) is 38.3 Å². The molecule has 2 N–H and O–H groups in total. The number of urea groups is 1. The van der Waals surface area contributed by atoms with Gasteiger partial charge in [0.1, 0.15) is 0 Å². The summed E-state index contributed by atoms with van der Waals surface area (Å²) in [6.45, 7) is 0.671. The molecule has 2 aromatic rings. The van der Waals surface area contributed by atoms with E-state index in [0.29, 0.717) is 18.1 Å². The zero-order valence-electron chi connectivity index (χ0n) is 12.9. The number of hydrogen-bond acceptors (Lipinski definition) is 4. The molecule has 0 bridgehead atoms.